The van der Waals surface area contributed by atoms with Gasteiger partial charge in [-0.1, -0.05) is 23.7 Å². The maximum Gasteiger partial charge on any atom is 0.201 e. The minimum Gasteiger partial charge on any atom is -0.494 e. The summed E-state index contributed by atoms with van der Waals surface area (Å²) in [6, 6.07) is 10.4. The monoisotopic (exact) mass is 305 g/mol. The number of halogens is 2. The molecule has 0 fully saturated rings. The Balaban J connectivity index is 2.08. The number of methoxy groups -OCH3 is 1. The van der Waals surface area contributed by atoms with Crippen LogP contribution in [-0.2, 0) is 6.54 Å². The lowest BCUT2D eigenvalue weighted by atomic mass is 10.2. The molecule has 0 amide bonds. The summed E-state index contributed by atoms with van der Waals surface area (Å²) in [7, 11) is 1.42. The van der Waals surface area contributed by atoms with Crippen LogP contribution in [0.25, 0.3) is 11.0 Å². The first-order valence-corrected chi connectivity index (χ1v) is 6.70. The van der Waals surface area contributed by atoms with Crippen LogP contribution in [0.1, 0.15) is 5.56 Å². The fraction of sp³-hybridized carbons (Fsp3) is 0.133. The van der Waals surface area contributed by atoms with E-state index in [2.05, 4.69) is 4.98 Å². The van der Waals surface area contributed by atoms with Crippen molar-refractivity contribution in [1.82, 2.24) is 9.55 Å². The molecule has 3 rings (SSSR count). The van der Waals surface area contributed by atoms with Crippen molar-refractivity contribution in [3.05, 3.63) is 52.8 Å². The van der Waals surface area contributed by atoms with Crippen molar-refractivity contribution in [2.45, 2.75) is 6.54 Å². The molecule has 0 spiro atoms. The Morgan fingerprint density at radius 1 is 1.29 bits per heavy atom. The van der Waals surface area contributed by atoms with E-state index in [1.165, 1.54) is 13.2 Å². The molecule has 0 saturated heterocycles. The third-order valence-electron chi connectivity index (χ3n) is 3.31. The first-order valence-electron chi connectivity index (χ1n) is 6.32. The van der Waals surface area contributed by atoms with Crippen LogP contribution in [0.4, 0.5) is 10.3 Å². The van der Waals surface area contributed by atoms with Crippen molar-refractivity contribution in [3.8, 4) is 5.75 Å². The predicted octanol–water partition coefficient (Wildman–Crippen LogP) is 3.47. The zero-order valence-electron chi connectivity index (χ0n) is 11.3. The average molecular weight is 306 g/mol. The molecule has 0 atom stereocenters. The van der Waals surface area contributed by atoms with E-state index in [-0.39, 0.29) is 5.75 Å². The van der Waals surface area contributed by atoms with E-state index < -0.39 is 5.82 Å². The lowest BCUT2D eigenvalue weighted by molar-refractivity contribution is 0.387. The van der Waals surface area contributed by atoms with E-state index in [1.54, 1.807) is 10.6 Å². The summed E-state index contributed by atoms with van der Waals surface area (Å²) in [5.74, 6) is 0.0357. The van der Waals surface area contributed by atoms with Gasteiger partial charge in [-0.3, -0.25) is 0 Å². The van der Waals surface area contributed by atoms with Crippen molar-refractivity contribution in [3.63, 3.8) is 0 Å². The fourth-order valence-electron chi connectivity index (χ4n) is 2.24. The molecule has 0 saturated carbocycles. The number of rotatable bonds is 3. The first-order chi connectivity index (χ1) is 10.1. The highest BCUT2D eigenvalue weighted by Gasteiger charge is 2.13. The third kappa shape index (κ3) is 2.52. The van der Waals surface area contributed by atoms with E-state index in [0.29, 0.717) is 23.0 Å². The zero-order valence-corrected chi connectivity index (χ0v) is 12.1. The number of fused-ring (bicyclic) bond motifs is 1. The quantitative estimate of drug-likeness (QED) is 0.806. The number of nitrogens with two attached hydrogens (primary N) is 1. The third-order valence-corrected chi connectivity index (χ3v) is 3.56. The van der Waals surface area contributed by atoms with Gasteiger partial charge in [-0.05, 0) is 17.7 Å². The van der Waals surface area contributed by atoms with Gasteiger partial charge in [-0.2, -0.15) is 0 Å². The first kappa shape index (κ1) is 13.7. The van der Waals surface area contributed by atoms with Gasteiger partial charge in [-0.15, -0.1) is 0 Å². The van der Waals surface area contributed by atoms with Crippen molar-refractivity contribution >= 4 is 28.6 Å². The molecule has 108 valence electrons. The van der Waals surface area contributed by atoms with E-state index in [4.69, 9.17) is 22.1 Å². The van der Waals surface area contributed by atoms with Crippen LogP contribution in [-0.4, -0.2) is 16.7 Å². The summed E-state index contributed by atoms with van der Waals surface area (Å²) in [6.45, 7) is 0.522. The number of nitrogen functional groups attached to an aromatic ring is 1. The van der Waals surface area contributed by atoms with Crippen molar-refractivity contribution < 1.29 is 9.13 Å². The molecular formula is C15H13ClFN3O. The standard InChI is InChI=1S/C15H13ClFN3O/c1-21-14-7-13-12(6-11(14)17)19-15(18)20(13)8-9-2-4-10(16)5-3-9/h2-7H,8H2,1H3,(H2,18,19). The second kappa shape index (κ2) is 5.26. The van der Waals surface area contributed by atoms with Gasteiger partial charge in [0, 0.05) is 17.2 Å². The van der Waals surface area contributed by atoms with Crippen LogP contribution < -0.4 is 10.5 Å². The minimum atomic E-state index is -0.457. The van der Waals surface area contributed by atoms with E-state index >= 15 is 0 Å². The summed E-state index contributed by atoms with van der Waals surface area (Å²) in [5.41, 5.74) is 8.18. The normalized spacial score (nSPS) is 11.0. The Hall–Kier alpha value is -2.27. The summed E-state index contributed by atoms with van der Waals surface area (Å²) in [5, 5.41) is 0.672. The Morgan fingerprint density at radius 3 is 2.67 bits per heavy atom. The molecule has 21 heavy (non-hydrogen) atoms. The highest BCUT2D eigenvalue weighted by molar-refractivity contribution is 6.30. The topological polar surface area (TPSA) is 53.1 Å². The molecule has 2 aromatic carbocycles. The number of aromatic nitrogens is 2. The number of imidazole rings is 1. The predicted molar refractivity (Wildman–Crippen MR) is 81.2 cm³/mol. The van der Waals surface area contributed by atoms with Crippen LogP contribution in [0.3, 0.4) is 0 Å². The van der Waals surface area contributed by atoms with Crippen LogP contribution in [0, 0.1) is 5.82 Å². The van der Waals surface area contributed by atoms with E-state index in [1.807, 2.05) is 24.3 Å². The molecule has 0 aliphatic carbocycles. The van der Waals surface area contributed by atoms with Gasteiger partial charge in [0.2, 0.25) is 5.95 Å². The zero-order chi connectivity index (χ0) is 15.0. The van der Waals surface area contributed by atoms with Gasteiger partial charge in [-0.25, -0.2) is 9.37 Å². The van der Waals surface area contributed by atoms with Crippen molar-refractivity contribution in [2.75, 3.05) is 12.8 Å². The minimum absolute atomic E-state index is 0.166. The van der Waals surface area contributed by atoms with Crippen molar-refractivity contribution in [2.24, 2.45) is 0 Å². The molecule has 4 nitrogen and oxygen atoms in total. The average Bonchev–Trinajstić information content (AvgIpc) is 2.75. The number of hydrogen-bond donors (Lipinski definition) is 1. The smallest absolute Gasteiger partial charge is 0.201 e. The maximum atomic E-state index is 13.7. The highest BCUT2D eigenvalue weighted by Crippen LogP contribution is 2.27. The van der Waals surface area contributed by atoms with E-state index in [0.717, 1.165) is 11.1 Å². The Bertz CT molecular complexity index is 799. The van der Waals surface area contributed by atoms with Gasteiger partial charge >= 0.3 is 0 Å². The summed E-state index contributed by atoms with van der Waals surface area (Å²) >= 11 is 5.87. The number of anilines is 1. The van der Waals surface area contributed by atoms with Crippen LogP contribution in [0.2, 0.25) is 5.02 Å². The Labute approximate surface area is 125 Å². The van der Waals surface area contributed by atoms with Crippen LogP contribution in [0.15, 0.2) is 36.4 Å². The molecule has 0 unspecified atom stereocenters. The van der Waals surface area contributed by atoms with E-state index in [9.17, 15) is 4.39 Å². The van der Waals surface area contributed by atoms with Gasteiger partial charge in [0.05, 0.1) is 24.7 Å². The molecule has 0 radical (unpaired) electrons. The number of nitrogens with zero attached hydrogens (tertiary/aromatic N) is 2. The number of benzene rings is 2. The van der Waals surface area contributed by atoms with Crippen molar-refractivity contribution in [1.29, 1.82) is 0 Å². The Kier molecular flexibility index (Phi) is 3.43. The van der Waals surface area contributed by atoms with Crippen LogP contribution in [0.5, 0.6) is 5.75 Å². The maximum absolute atomic E-state index is 13.7. The largest absolute Gasteiger partial charge is 0.494 e. The number of hydrogen-bond acceptors (Lipinski definition) is 3. The van der Waals surface area contributed by atoms with Gasteiger partial charge in [0.15, 0.2) is 11.6 Å². The molecule has 2 N–H and O–H groups in total. The highest BCUT2D eigenvalue weighted by atomic mass is 35.5. The lowest BCUT2D eigenvalue weighted by Gasteiger charge is -2.08. The van der Waals surface area contributed by atoms with Gasteiger partial charge in [0.1, 0.15) is 0 Å². The molecular weight excluding hydrogens is 293 g/mol. The second-order valence-electron chi connectivity index (χ2n) is 4.66. The summed E-state index contributed by atoms with van der Waals surface area (Å²) in [6.07, 6.45) is 0. The van der Waals surface area contributed by atoms with Gasteiger partial charge < -0.3 is 15.0 Å². The van der Waals surface area contributed by atoms with Crippen LogP contribution >= 0.6 is 11.6 Å². The lowest BCUT2D eigenvalue weighted by Crippen LogP contribution is -2.04. The Morgan fingerprint density at radius 2 is 2.00 bits per heavy atom. The summed E-state index contributed by atoms with van der Waals surface area (Å²) in [4.78, 5) is 4.18. The molecule has 0 aliphatic heterocycles. The second-order valence-corrected chi connectivity index (χ2v) is 5.09. The molecule has 3 aromatic rings. The SMILES string of the molecule is COc1cc2c(cc1F)nc(N)n2Cc1ccc(Cl)cc1. The molecule has 0 aliphatic rings. The fourth-order valence-corrected chi connectivity index (χ4v) is 2.37. The number of ether oxygens (including phenoxy) is 1. The molecule has 1 aromatic heterocycles. The molecule has 0 bridgehead atoms. The molecule has 1 heterocycles. The molecule has 6 heteroatoms. The summed E-state index contributed by atoms with van der Waals surface area (Å²) < 4.78 is 20.5. The van der Waals surface area contributed by atoms with Gasteiger partial charge in [0.25, 0.3) is 0 Å².